The van der Waals surface area contributed by atoms with Gasteiger partial charge in [-0.2, -0.15) is 0 Å². The summed E-state index contributed by atoms with van der Waals surface area (Å²) in [5.74, 6) is -0.578. The van der Waals surface area contributed by atoms with Crippen molar-refractivity contribution in [3.05, 3.63) is 11.9 Å². The van der Waals surface area contributed by atoms with Crippen LogP contribution in [0.2, 0.25) is 0 Å². The first-order valence-corrected chi connectivity index (χ1v) is 4.07. The molecule has 1 aromatic rings. The van der Waals surface area contributed by atoms with Gasteiger partial charge in [-0.1, -0.05) is 5.21 Å². The molecule has 0 atom stereocenters. The summed E-state index contributed by atoms with van der Waals surface area (Å²) in [7, 11) is -1.52. The Balaban J connectivity index is 2.63. The molecule has 1 aromatic heterocycles. The zero-order valence-electron chi connectivity index (χ0n) is 7.62. The molecule has 7 nitrogen and oxygen atoms in total. The molecular formula is C6H10BN3O4. The van der Waals surface area contributed by atoms with Gasteiger partial charge in [0, 0.05) is 0 Å². The lowest BCUT2D eigenvalue weighted by Crippen LogP contribution is -2.20. The van der Waals surface area contributed by atoms with E-state index in [9.17, 15) is 4.79 Å². The molecule has 0 spiro atoms. The van der Waals surface area contributed by atoms with Gasteiger partial charge >= 0.3 is 13.1 Å². The minimum atomic E-state index is -1.52. The van der Waals surface area contributed by atoms with Crippen LogP contribution in [0, 0.1) is 0 Å². The van der Waals surface area contributed by atoms with Gasteiger partial charge in [0.2, 0.25) is 0 Å². The molecule has 0 radical (unpaired) electrons. The summed E-state index contributed by atoms with van der Waals surface area (Å²) in [6, 6.07) is 0. The van der Waals surface area contributed by atoms with Crippen molar-refractivity contribution >= 4 is 13.1 Å². The molecule has 0 saturated carbocycles. The van der Waals surface area contributed by atoms with Crippen molar-refractivity contribution in [2.75, 3.05) is 6.61 Å². The molecule has 8 heteroatoms. The van der Waals surface area contributed by atoms with E-state index in [0.717, 1.165) is 4.68 Å². The van der Waals surface area contributed by atoms with Gasteiger partial charge in [0.05, 0.1) is 19.2 Å². The fourth-order valence-corrected chi connectivity index (χ4v) is 0.854. The standard InChI is InChI=1S/C6H10BN3O4/c1-2-14-6(11)5-3-10(9-8-5)4-7(12)13/h3,12-13H,2,4H2,1H3. The van der Waals surface area contributed by atoms with E-state index in [-0.39, 0.29) is 18.7 Å². The van der Waals surface area contributed by atoms with Crippen molar-refractivity contribution in [3.8, 4) is 0 Å². The molecule has 0 amide bonds. The van der Waals surface area contributed by atoms with Gasteiger partial charge in [0.15, 0.2) is 5.69 Å². The first kappa shape index (κ1) is 10.7. The van der Waals surface area contributed by atoms with Crippen LogP contribution in [-0.2, 0) is 11.2 Å². The second kappa shape index (κ2) is 4.73. The van der Waals surface area contributed by atoms with Crippen LogP contribution >= 0.6 is 0 Å². The Hall–Kier alpha value is -1.41. The van der Waals surface area contributed by atoms with Crippen LogP contribution in [0.5, 0.6) is 0 Å². The van der Waals surface area contributed by atoms with E-state index >= 15 is 0 Å². The first-order chi connectivity index (χ1) is 6.63. The van der Waals surface area contributed by atoms with Gasteiger partial charge in [-0.25, -0.2) is 4.79 Å². The third kappa shape index (κ3) is 2.82. The molecule has 0 fully saturated rings. The number of carbonyl (C=O) groups is 1. The molecule has 0 aliphatic heterocycles. The Bertz CT molecular complexity index is 314. The second-order valence-corrected chi connectivity index (χ2v) is 2.53. The van der Waals surface area contributed by atoms with E-state index < -0.39 is 13.1 Å². The van der Waals surface area contributed by atoms with E-state index in [4.69, 9.17) is 10.0 Å². The summed E-state index contributed by atoms with van der Waals surface area (Å²) in [6.45, 7) is 1.94. The minimum absolute atomic E-state index is 0.0486. The lowest BCUT2D eigenvalue weighted by molar-refractivity contribution is 0.0519. The molecule has 2 N–H and O–H groups in total. The Labute approximate surface area is 80.4 Å². The molecule has 0 bridgehead atoms. The summed E-state index contributed by atoms with van der Waals surface area (Å²) in [6.07, 6.45) is 1.16. The van der Waals surface area contributed by atoms with Crippen LogP contribution in [-0.4, -0.2) is 44.7 Å². The molecule has 0 aromatic carbocycles. The highest BCUT2D eigenvalue weighted by Gasteiger charge is 2.14. The largest absolute Gasteiger partial charge is 0.474 e. The Morgan fingerprint density at radius 3 is 3.00 bits per heavy atom. The fourth-order valence-electron chi connectivity index (χ4n) is 0.854. The van der Waals surface area contributed by atoms with Crippen molar-refractivity contribution < 1.29 is 19.6 Å². The maximum absolute atomic E-state index is 11.1. The number of carbonyl (C=O) groups excluding carboxylic acids is 1. The van der Waals surface area contributed by atoms with E-state index in [2.05, 4.69) is 15.0 Å². The maximum Gasteiger partial charge on any atom is 0.474 e. The number of esters is 1. The molecule has 0 aliphatic rings. The summed E-state index contributed by atoms with van der Waals surface area (Å²) in [5.41, 5.74) is 0.0486. The molecule has 76 valence electrons. The molecule has 1 heterocycles. The van der Waals surface area contributed by atoms with E-state index in [1.54, 1.807) is 6.92 Å². The predicted octanol–water partition coefficient (Wildman–Crippen LogP) is -1.53. The van der Waals surface area contributed by atoms with Gasteiger partial charge < -0.3 is 14.8 Å². The van der Waals surface area contributed by atoms with Crippen molar-refractivity contribution in [2.24, 2.45) is 0 Å². The monoisotopic (exact) mass is 199 g/mol. The Morgan fingerprint density at radius 2 is 2.43 bits per heavy atom. The summed E-state index contributed by atoms with van der Waals surface area (Å²) >= 11 is 0. The van der Waals surface area contributed by atoms with E-state index in [1.165, 1.54) is 6.20 Å². The van der Waals surface area contributed by atoms with E-state index in [0.29, 0.717) is 0 Å². The van der Waals surface area contributed by atoms with Gasteiger partial charge in [-0.15, -0.1) is 5.10 Å². The zero-order valence-corrected chi connectivity index (χ0v) is 7.62. The number of hydrogen-bond donors (Lipinski definition) is 2. The highest BCUT2D eigenvalue weighted by atomic mass is 16.5. The van der Waals surface area contributed by atoms with E-state index in [1.807, 2.05) is 0 Å². The minimum Gasteiger partial charge on any atom is -0.461 e. The van der Waals surface area contributed by atoms with Gasteiger partial charge in [0.1, 0.15) is 0 Å². The molecule has 14 heavy (non-hydrogen) atoms. The summed E-state index contributed by atoms with van der Waals surface area (Å²) in [5, 5.41) is 24.2. The highest BCUT2D eigenvalue weighted by molar-refractivity contribution is 6.39. The van der Waals surface area contributed by atoms with Gasteiger partial charge in [-0.3, -0.25) is 4.68 Å². The quantitative estimate of drug-likeness (QED) is 0.450. The average molecular weight is 199 g/mol. The van der Waals surface area contributed by atoms with Crippen molar-refractivity contribution in [2.45, 2.75) is 13.4 Å². The van der Waals surface area contributed by atoms with Crippen molar-refractivity contribution in [3.63, 3.8) is 0 Å². The topological polar surface area (TPSA) is 97.5 Å². The number of ether oxygens (including phenoxy) is 1. The lowest BCUT2D eigenvalue weighted by atomic mass is 9.93. The third-order valence-corrected chi connectivity index (χ3v) is 1.37. The van der Waals surface area contributed by atoms with Crippen LogP contribution in [0.4, 0.5) is 0 Å². The van der Waals surface area contributed by atoms with Crippen molar-refractivity contribution in [1.82, 2.24) is 15.0 Å². The molecule has 0 unspecified atom stereocenters. The Morgan fingerprint density at radius 1 is 1.71 bits per heavy atom. The smallest absolute Gasteiger partial charge is 0.461 e. The number of nitrogens with zero attached hydrogens (tertiary/aromatic N) is 3. The predicted molar refractivity (Wildman–Crippen MR) is 46.2 cm³/mol. The summed E-state index contributed by atoms with van der Waals surface area (Å²) in [4.78, 5) is 11.1. The van der Waals surface area contributed by atoms with Gasteiger partial charge in [-0.05, 0) is 6.92 Å². The average Bonchev–Trinajstić information content (AvgIpc) is 2.52. The first-order valence-electron chi connectivity index (χ1n) is 4.07. The van der Waals surface area contributed by atoms with Crippen LogP contribution in [0.1, 0.15) is 17.4 Å². The number of hydrogen-bond acceptors (Lipinski definition) is 6. The Kier molecular flexibility index (Phi) is 3.60. The SMILES string of the molecule is CCOC(=O)c1cn(CB(O)O)nn1. The highest BCUT2D eigenvalue weighted by Crippen LogP contribution is 1.96. The fraction of sp³-hybridized carbons (Fsp3) is 0.500. The maximum atomic E-state index is 11.1. The van der Waals surface area contributed by atoms with Crippen LogP contribution in [0.25, 0.3) is 0 Å². The number of aromatic nitrogens is 3. The third-order valence-electron chi connectivity index (χ3n) is 1.37. The van der Waals surface area contributed by atoms with Crippen molar-refractivity contribution in [1.29, 1.82) is 0 Å². The normalized spacial score (nSPS) is 9.93. The van der Waals surface area contributed by atoms with Crippen LogP contribution < -0.4 is 0 Å². The van der Waals surface area contributed by atoms with Crippen LogP contribution in [0.3, 0.4) is 0 Å². The summed E-state index contributed by atoms with van der Waals surface area (Å²) < 4.78 is 5.82. The molecule has 0 aliphatic carbocycles. The number of rotatable bonds is 4. The lowest BCUT2D eigenvalue weighted by Gasteiger charge is -1.96. The molecule has 0 saturated heterocycles. The van der Waals surface area contributed by atoms with Crippen LogP contribution in [0.15, 0.2) is 6.20 Å². The molecule has 1 rings (SSSR count). The molecular weight excluding hydrogens is 189 g/mol. The second-order valence-electron chi connectivity index (χ2n) is 2.53. The zero-order chi connectivity index (χ0) is 10.6. The van der Waals surface area contributed by atoms with Gasteiger partial charge in [0.25, 0.3) is 0 Å².